The van der Waals surface area contributed by atoms with E-state index in [4.69, 9.17) is 11.6 Å². The summed E-state index contributed by atoms with van der Waals surface area (Å²) in [6.45, 7) is 0. The van der Waals surface area contributed by atoms with Crippen LogP contribution >= 0.6 is 11.6 Å². The van der Waals surface area contributed by atoms with Crippen LogP contribution in [-0.4, -0.2) is 15.8 Å². The van der Waals surface area contributed by atoms with E-state index in [2.05, 4.69) is 10.4 Å². The van der Waals surface area contributed by atoms with E-state index in [1.165, 1.54) is 30.4 Å². The Morgan fingerprint density at radius 3 is 2.45 bits per heavy atom. The molecule has 1 aliphatic rings. The Bertz CT molecular complexity index is 676. The first-order chi connectivity index (χ1) is 10.8. The highest BCUT2D eigenvalue weighted by molar-refractivity contribution is 6.32. The molecule has 1 fully saturated rings. The van der Waals surface area contributed by atoms with Crippen LogP contribution in [0.5, 0.6) is 0 Å². The SMILES string of the molecule is O=c1c(Cl)c(NC2CCCCCC2)cnn1-c1ccccc1. The summed E-state index contributed by atoms with van der Waals surface area (Å²) in [6.07, 6.45) is 8.94. The van der Waals surface area contributed by atoms with Crippen LogP contribution in [-0.2, 0) is 0 Å². The number of halogens is 1. The van der Waals surface area contributed by atoms with Crippen LogP contribution in [0.3, 0.4) is 0 Å². The van der Waals surface area contributed by atoms with Crippen molar-refractivity contribution in [3.8, 4) is 5.69 Å². The fourth-order valence-electron chi connectivity index (χ4n) is 2.93. The van der Waals surface area contributed by atoms with Crippen LogP contribution in [0.4, 0.5) is 5.69 Å². The van der Waals surface area contributed by atoms with E-state index in [9.17, 15) is 4.79 Å². The van der Waals surface area contributed by atoms with E-state index in [0.717, 1.165) is 18.5 Å². The normalized spacial score (nSPS) is 16.2. The molecule has 0 amide bonds. The fourth-order valence-corrected chi connectivity index (χ4v) is 3.11. The zero-order chi connectivity index (χ0) is 15.4. The number of nitrogens with zero attached hydrogens (tertiary/aromatic N) is 2. The largest absolute Gasteiger partial charge is 0.380 e. The number of benzene rings is 1. The summed E-state index contributed by atoms with van der Waals surface area (Å²) >= 11 is 6.27. The van der Waals surface area contributed by atoms with E-state index in [1.807, 2.05) is 30.3 Å². The first-order valence-corrected chi connectivity index (χ1v) is 8.23. The fraction of sp³-hybridized carbons (Fsp3) is 0.412. The Kier molecular flexibility index (Phi) is 4.78. The molecule has 0 bridgehead atoms. The Balaban J connectivity index is 1.85. The second-order valence-corrected chi connectivity index (χ2v) is 6.14. The minimum Gasteiger partial charge on any atom is -0.380 e. The minimum absolute atomic E-state index is 0.211. The molecule has 0 unspecified atom stereocenters. The number of aromatic nitrogens is 2. The number of rotatable bonds is 3. The van der Waals surface area contributed by atoms with Crippen molar-refractivity contribution in [1.82, 2.24) is 9.78 Å². The molecule has 1 aromatic heterocycles. The molecular weight excluding hydrogens is 298 g/mol. The maximum Gasteiger partial charge on any atom is 0.292 e. The highest BCUT2D eigenvalue weighted by Gasteiger charge is 2.16. The van der Waals surface area contributed by atoms with Gasteiger partial charge in [-0.05, 0) is 25.0 Å². The number of hydrogen-bond acceptors (Lipinski definition) is 3. The molecule has 4 nitrogen and oxygen atoms in total. The molecule has 1 saturated carbocycles. The van der Waals surface area contributed by atoms with Crippen LogP contribution in [0.2, 0.25) is 5.02 Å². The molecule has 22 heavy (non-hydrogen) atoms. The van der Waals surface area contributed by atoms with Gasteiger partial charge in [0.2, 0.25) is 0 Å². The zero-order valence-corrected chi connectivity index (χ0v) is 13.2. The standard InChI is InChI=1S/C17H20ClN3O/c18-16-15(20-13-8-4-1-2-5-9-13)12-19-21(17(16)22)14-10-6-3-7-11-14/h3,6-7,10-13,20H,1-2,4-5,8-9H2. The Morgan fingerprint density at radius 2 is 1.77 bits per heavy atom. The minimum atomic E-state index is -0.286. The number of anilines is 1. The summed E-state index contributed by atoms with van der Waals surface area (Å²) in [6, 6.07) is 9.70. The molecule has 3 rings (SSSR count). The van der Waals surface area contributed by atoms with E-state index < -0.39 is 0 Å². The van der Waals surface area contributed by atoms with Gasteiger partial charge in [0.15, 0.2) is 0 Å². The van der Waals surface area contributed by atoms with Gasteiger partial charge < -0.3 is 5.32 Å². The molecule has 2 aromatic rings. The van der Waals surface area contributed by atoms with Gasteiger partial charge in [0.25, 0.3) is 5.56 Å². The van der Waals surface area contributed by atoms with Crippen molar-refractivity contribution in [2.24, 2.45) is 0 Å². The zero-order valence-electron chi connectivity index (χ0n) is 12.5. The molecular formula is C17H20ClN3O. The van der Waals surface area contributed by atoms with Crippen molar-refractivity contribution in [2.75, 3.05) is 5.32 Å². The molecule has 0 saturated heterocycles. The molecule has 0 atom stereocenters. The predicted molar refractivity (Wildman–Crippen MR) is 90.0 cm³/mol. The number of hydrogen-bond donors (Lipinski definition) is 1. The average molecular weight is 318 g/mol. The summed E-state index contributed by atoms with van der Waals surface area (Å²) < 4.78 is 1.33. The summed E-state index contributed by atoms with van der Waals surface area (Å²) in [5.74, 6) is 0. The van der Waals surface area contributed by atoms with Gasteiger partial charge in [-0.15, -0.1) is 0 Å². The van der Waals surface area contributed by atoms with Crippen LogP contribution in [0.25, 0.3) is 5.69 Å². The third kappa shape index (κ3) is 3.33. The first kappa shape index (κ1) is 15.1. The number of para-hydroxylation sites is 1. The van der Waals surface area contributed by atoms with Crippen LogP contribution in [0, 0.1) is 0 Å². The molecule has 0 spiro atoms. The summed E-state index contributed by atoms with van der Waals surface area (Å²) in [5, 5.41) is 7.87. The first-order valence-electron chi connectivity index (χ1n) is 7.85. The third-order valence-electron chi connectivity index (χ3n) is 4.13. The van der Waals surface area contributed by atoms with Crippen molar-refractivity contribution < 1.29 is 0 Å². The van der Waals surface area contributed by atoms with Gasteiger partial charge in [0.05, 0.1) is 17.6 Å². The lowest BCUT2D eigenvalue weighted by Gasteiger charge is -2.18. The van der Waals surface area contributed by atoms with Crippen molar-refractivity contribution >= 4 is 17.3 Å². The Hall–Kier alpha value is -1.81. The van der Waals surface area contributed by atoms with Gasteiger partial charge in [-0.25, -0.2) is 0 Å². The highest BCUT2D eigenvalue weighted by atomic mass is 35.5. The van der Waals surface area contributed by atoms with E-state index in [0.29, 0.717) is 11.7 Å². The Labute approximate surface area is 135 Å². The molecule has 1 aliphatic carbocycles. The maximum absolute atomic E-state index is 12.4. The third-order valence-corrected chi connectivity index (χ3v) is 4.50. The average Bonchev–Trinajstić information content (AvgIpc) is 2.81. The van der Waals surface area contributed by atoms with E-state index >= 15 is 0 Å². The van der Waals surface area contributed by atoms with Crippen molar-refractivity contribution in [1.29, 1.82) is 0 Å². The lowest BCUT2D eigenvalue weighted by atomic mass is 10.1. The molecule has 1 N–H and O–H groups in total. The predicted octanol–water partition coefficient (Wildman–Crippen LogP) is 4.02. The lowest BCUT2D eigenvalue weighted by Crippen LogP contribution is -2.25. The van der Waals surface area contributed by atoms with Crippen molar-refractivity contribution in [3.05, 3.63) is 51.9 Å². The molecule has 5 heteroatoms. The van der Waals surface area contributed by atoms with Crippen LogP contribution in [0.15, 0.2) is 41.3 Å². The Morgan fingerprint density at radius 1 is 1.09 bits per heavy atom. The summed E-state index contributed by atoms with van der Waals surface area (Å²) in [7, 11) is 0. The molecule has 1 heterocycles. The maximum atomic E-state index is 12.4. The monoisotopic (exact) mass is 317 g/mol. The quantitative estimate of drug-likeness (QED) is 0.870. The highest BCUT2D eigenvalue weighted by Crippen LogP contribution is 2.23. The van der Waals surface area contributed by atoms with E-state index in [1.54, 1.807) is 6.20 Å². The van der Waals surface area contributed by atoms with Gasteiger partial charge in [-0.1, -0.05) is 55.5 Å². The second-order valence-electron chi connectivity index (χ2n) is 5.76. The smallest absolute Gasteiger partial charge is 0.292 e. The van der Waals surface area contributed by atoms with Crippen molar-refractivity contribution in [3.63, 3.8) is 0 Å². The van der Waals surface area contributed by atoms with E-state index in [-0.39, 0.29) is 10.6 Å². The topological polar surface area (TPSA) is 46.9 Å². The van der Waals surface area contributed by atoms with Gasteiger partial charge in [0.1, 0.15) is 5.02 Å². The molecule has 0 radical (unpaired) electrons. The number of nitrogens with one attached hydrogen (secondary N) is 1. The van der Waals surface area contributed by atoms with Crippen molar-refractivity contribution in [2.45, 2.75) is 44.6 Å². The van der Waals surface area contributed by atoms with Gasteiger partial charge in [-0.2, -0.15) is 9.78 Å². The lowest BCUT2D eigenvalue weighted by molar-refractivity contribution is 0.618. The molecule has 0 aliphatic heterocycles. The van der Waals surface area contributed by atoms with Gasteiger partial charge >= 0.3 is 0 Å². The molecule has 116 valence electrons. The van der Waals surface area contributed by atoms with Crippen LogP contribution in [0.1, 0.15) is 38.5 Å². The summed E-state index contributed by atoms with van der Waals surface area (Å²) in [5.41, 5.74) is 1.08. The van der Waals surface area contributed by atoms with Crippen LogP contribution < -0.4 is 10.9 Å². The van der Waals surface area contributed by atoms with Gasteiger partial charge in [0, 0.05) is 6.04 Å². The second kappa shape index (κ2) is 6.97. The van der Waals surface area contributed by atoms with Gasteiger partial charge in [-0.3, -0.25) is 4.79 Å². The summed E-state index contributed by atoms with van der Waals surface area (Å²) in [4.78, 5) is 12.4. The molecule has 1 aromatic carbocycles.